The molecule has 0 aliphatic heterocycles. The first-order chi connectivity index (χ1) is 9.72. The molecule has 1 heterocycles. The van der Waals surface area contributed by atoms with Crippen molar-refractivity contribution in [2.24, 2.45) is 5.73 Å². The standard InChI is InChI=1S/C15H18N2O2S/c16-10-6-2-5-9-12-17-13(14(20-12)15(18)19)11-7-3-1-4-8-11/h1,3-4,7-8H,2,5-6,9-10,16H2,(H,18,19). The van der Waals surface area contributed by atoms with Gasteiger partial charge in [0.1, 0.15) is 4.88 Å². The van der Waals surface area contributed by atoms with Crippen LogP contribution in [-0.4, -0.2) is 22.6 Å². The third kappa shape index (κ3) is 3.65. The normalized spacial score (nSPS) is 10.7. The van der Waals surface area contributed by atoms with Crippen LogP contribution in [0.1, 0.15) is 33.9 Å². The number of aryl methyl sites for hydroxylation is 1. The van der Waals surface area contributed by atoms with Crippen LogP contribution in [0, 0.1) is 0 Å². The van der Waals surface area contributed by atoms with E-state index in [1.165, 1.54) is 11.3 Å². The van der Waals surface area contributed by atoms with Crippen molar-refractivity contribution in [3.05, 3.63) is 40.2 Å². The molecule has 4 nitrogen and oxygen atoms in total. The lowest BCUT2D eigenvalue weighted by molar-refractivity contribution is 0.0702. The topological polar surface area (TPSA) is 76.2 Å². The molecule has 1 aromatic carbocycles. The van der Waals surface area contributed by atoms with E-state index >= 15 is 0 Å². The van der Waals surface area contributed by atoms with E-state index in [0.29, 0.717) is 17.1 Å². The van der Waals surface area contributed by atoms with Gasteiger partial charge in [-0.1, -0.05) is 36.8 Å². The molecule has 0 spiro atoms. The molecular weight excluding hydrogens is 272 g/mol. The Labute approximate surface area is 122 Å². The van der Waals surface area contributed by atoms with E-state index in [4.69, 9.17) is 5.73 Å². The van der Waals surface area contributed by atoms with E-state index in [9.17, 15) is 9.90 Å². The molecule has 0 bridgehead atoms. The van der Waals surface area contributed by atoms with E-state index in [1.807, 2.05) is 30.3 Å². The van der Waals surface area contributed by atoms with Gasteiger partial charge in [-0.25, -0.2) is 9.78 Å². The van der Waals surface area contributed by atoms with Crippen molar-refractivity contribution in [3.8, 4) is 11.3 Å². The number of aromatic nitrogens is 1. The Bertz CT molecular complexity index is 567. The number of aromatic carboxylic acids is 1. The maximum absolute atomic E-state index is 11.3. The van der Waals surface area contributed by atoms with Crippen LogP contribution >= 0.6 is 11.3 Å². The SMILES string of the molecule is NCCCCCc1nc(-c2ccccc2)c(C(=O)O)s1. The molecule has 2 aromatic rings. The van der Waals surface area contributed by atoms with Gasteiger partial charge in [0.15, 0.2) is 0 Å². The molecule has 1 aromatic heterocycles. The lowest BCUT2D eigenvalue weighted by Crippen LogP contribution is -1.98. The molecule has 106 valence electrons. The van der Waals surface area contributed by atoms with Crippen molar-refractivity contribution in [3.63, 3.8) is 0 Å². The number of carbonyl (C=O) groups is 1. The number of benzene rings is 1. The lowest BCUT2D eigenvalue weighted by Gasteiger charge is -1.98. The molecule has 0 saturated heterocycles. The van der Waals surface area contributed by atoms with Crippen LogP contribution in [0.5, 0.6) is 0 Å². The van der Waals surface area contributed by atoms with Gasteiger partial charge in [-0.05, 0) is 25.8 Å². The number of carboxylic acids is 1. The molecule has 5 heteroatoms. The molecule has 0 radical (unpaired) electrons. The Hall–Kier alpha value is -1.72. The van der Waals surface area contributed by atoms with Crippen molar-refractivity contribution in [2.75, 3.05) is 6.54 Å². The molecule has 0 unspecified atom stereocenters. The summed E-state index contributed by atoms with van der Waals surface area (Å²) in [5.74, 6) is -0.908. The first kappa shape index (κ1) is 14.7. The Morgan fingerprint density at radius 2 is 1.95 bits per heavy atom. The van der Waals surface area contributed by atoms with E-state index in [1.54, 1.807) is 0 Å². The minimum atomic E-state index is -0.908. The van der Waals surface area contributed by atoms with Gasteiger partial charge in [-0.3, -0.25) is 0 Å². The van der Waals surface area contributed by atoms with Crippen molar-refractivity contribution in [1.29, 1.82) is 0 Å². The highest BCUT2D eigenvalue weighted by Gasteiger charge is 2.18. The van der Waals surface area contributed by atoms with Gasteiger partial charge in [0.25, 0.3) is 0 Å². The van der Waals surface area contributed by atoms with Gasteiger partial charge in [0.2, 0.25) is 0 Å². The van der Waals surface area contributed by atoms with E-state index in [2.05, 4.69) is 4.98 Å². The first-order valence-electron chi connectivity index (χ1n) is 6.71. The molecule has 2 rings (SSSR count). The average Bonchev–Trinajstić information content (AvgIpc) is 2.89. The zero-order valence-corrected chi connectivity index (χ0v) is 12.0. The third-order valence-electron chi connectivity index (χ3n) is 3.01. The summed E-state index contributed by atoms with van der Waals surface area (Å²) in [5.41, 5.74) is 6.90. The zero-order valence-electron chi connectivity index (χ0n) is 11.2. The van der Waals surface area contributed by atoms with Crippen molar-refractivity contribution < 1.29 is 9.90 Å². The molecule has 0 atom stereocenters. The van der Waals surface area contributed by atoms with Crippen molar-refractivity contribution >= 4 is 17.3 Å². The largest absolute Gasteiger partial charge is 0.477 e. The molecule has 0 fully saturated rings. The molecular formula is C15H18N2O2S. The number of rotatable bonds is 7. The maximum Gasteiger partial charge on any atom is 0.348 e. The van der Waals surface area contributed by atoms with E-state index < -0.39 is 5.97 Å². The highest BCUT2D eigenvalue weighted by atomic mass is 32.1. The van der Waals surface area contributed by atoms with Gasteiger partial charge in [-0.15, -0.1) is 11.3 Å². The predicted octanol–water partition coefficient (Wildman–Crippen LogP) is 3.18. The van der Waals surface area contributed by atoms with Gasteiger partial charge >= 0.3 is 5.97 Å². The predicted molar refractivity (Wildman–Crippen MR) is 81.1 cm³/mol. The summed E-state index contributed by atoms with van der Waals surface area (Å²) < 4.78 is 0. The summed E-state index contributed by atoms with van der Waals surface area (Å²) in [6.45, 7) is 0.702. The highest BCUT2D eigenvalue weighted by Crippen LogP contribution is 2.29. The monoisotopic (exact) mass is 290 g/mol. The first-order valence-corrected chi connectivity index (χ1v) is 7.52. The van der Waals surface area contributed by atoms with Gasteiger partial charge in [-0.2, -0.15) is 0 Å². The number of thiazole rings is 1. The Balaban J connectivity index is 2.19. The van der Waals surface area contributed by atoms with Crippen LogP contribution in [0.25, 0.3) is 11.3 Å². The Morgan fingerprint density at radius 1 is 1.20 bits per heavy atom. The van der Waals surface area contributed by atoms with Gasteiger partial charge < -0.3 is 10.8 Å². The number of nitrogens with zero attached hydrogens (tertiary/aromatic N) is 1. The number of unbranched alkanes of at least 4 members (excludes halogenated alkanes) is 2. The smallest absolute Gasteiger partial charge is 0.348 e. The average molecular weight is 290 g/mol. The van der Waals surface area contributed by atoms with E-state index in [-0.39, 0.29) is 0 Å². The summed E-state index contributed by atoms with van der Waals surface area (Å²) in [6.07, 6.45) is 3.87. The molecule has 0 saturated carbocycles. The molecule has 0 aliphatic carbocycles. The van der Waals surface area contributed by atoms with E-state index in [0.717, 1.165) is 36.3 Å². The summed E-state index contributed by atoms with van der Waals surface area (Å²) in [4.78, 5) is 16.2. The molecule has 0 aliphatic rings. The Morgan fingerprint density at radius 3 is 2.60 bits per heavy atom. The third-order valence-corrected chi connectivity index (χ3v) is 4.11. The number of nitrogens with two attached hydrogens (primary N) is 1. The van der Waals surface area contributed by atoms with Crippen LogP contribution in [0.3, 0.4) is 0 Å². The second kappa shape index (κ2) is 7.17. The van der Waals surface area contributed by atoms with Crippen molar-refractivity contribution in [1.82, 2.24) is 4.98 Å². The van der Waals surface area contributed by atoms with Crippen LogP contribution in [-0.2, 0) is 6.42 Å². The lowest BCUT2D eigenvalue weighted by atomic mass is 10.1. The number of hydrogen-bond donors (Lipinski definition) is 2. The fraction of sp³-hybridized carbons (Fsp3) is 0.333. The van der Waals surface area contributed by atoms with Crippen LogP contribution in [0.4, 0.5) is 0 Å². The molecule has 3 N–H and O–H groups in total. The van der Waals surface area contributed by atoms with Crippen molar-refractivity contribution in [2.45, 2.75) is 25.7 Å². The summed E-state index contributed by atoms with van der Waals surface area (Å²) in [6, 6.07) is 9.46. The van der Waals surface area contributed by atoms with Crippen LogP contribution < -0.4 is 5.73 Å². The quantitative estimate of drug-likeness (QED) is 0.768. The summed E-state index contributed by atoms with van der Waals surface area (Å²) in [7, 11) is 0. The van der Waals surface area contributed by atoms with Gasteiger partial charge in [0, 0.05) is 5.56 Å². The van der Waals surface area contributed by atoms with Crippen LogP contribution in [0.2, 0.25) is 0 Å². The fourth-order valence-electron chi connectivity index (χ4n) is 2.01. The highest BCUT2D eigenvalue weighted by molar-refractivity contribution is 7.14. The minimum Gasteiger partial charge on any atom is -0.477 e. The molecule has 20 heavy (non-hydrogen) atoms. The molecule has 0 amide bonds. The second-order valence-corrected chi connectivity index (χ2v) is 5.64. The second-order valence-electron chi connectivity index (χ2n) is 4.56. The van der Waals surface area contributed by atoms with Gasteiger partial charge in [0.05, 0.1) is 10.7 Å². The fourth-order valence-corrected chi connectivity index (χ4v) is 2.97. The maximum atomic E-state index is 11.3. The number of carboxylic acid groups (broad SMARTS) is 1. The zero-order chi connectivity index (χ0) is 14.4. The minimum absolute atomic E-state index is 0.324. The Kier molecular flexibility index (Phi) is 5.26. The number of hydrogen-bond acceptors (Lipinski definition) is 4. The van der Waals surface area contributed by atoms with Crippen LogP contribution in [0.15, 0.2) is 30.3 Å². The summed E-state index contributed by atoms with van der Waals surface area (Å²) >= 11 is 1.28. The summed E-state index contributed by atoms with van der Waals surface area (Å²) in [5, 5.41) is 10.2.